The van der Waals surface area contributed by atoms with Crippen LogP contribution in [0, 0.1) is 11.6 Å². The molecule has 0 bridgehead atoms. The minimum atomic E-state index is -0.609. The van der Waals surface area contributed by atoms with Crippen molar-refractivity contribution in [1.29, 1.82) is 0 Å². The molecule has 0 aliphatic heterocycles. The smallest absolute Gasteiger partial charge is 0.140 e. The third kappa shape index (κ3) is 3.19. The molecule has 3 rings (SSSR count). The van der Waals surface area contributed by atoms with Gasteiger partial charge in [0.05, 0.1) is 0 Å². The third-order valence-electron chi connectivity index (χ3n) is 3.08. The van der Waals surface area contributed by atoms with Crippen molar-refractivity contribution in [2.75, 3.05) is 0 Å². The van der Waals surface area contributed by atoms with Crippen LogP contribution >= 0.6 is 15.9 Å². The van der Waals surface area contributed by atoms with Gasteiger partial charge in [-0.3, -0.25) is 0 Å². The van der Waals surface area contributed by atoms with Crippen LogP contribution in [0.4, 0.5) is 8.78 Å². The average molecular weight is 349 g/mol. The zero-order valence-corrected chi connectivity index (χ0v) is 12.5. The molecule has 2 nitrogen and oxygen atoms in total. The molecule has 2 aromatic carbocycles. The molecule has 0 atom stereocenters. The quantitative estimate of drug-likeness (QED) is 0.674. The van der Waals surface area contributed by atoms with Crippen molar-refractivity contribution < 1.29 is 8.78 Å². The number of halogens is 3. The molecule has 5 heteroatoms. The SMILES string of the molecule is Fc1cc(F)cc(-c2nccn2Cc2cccc(Br)c2)c1. The molecule has 0 unspecified atom stereocenters. The Kier molecular flexibility index (Phi) is 3.84. The van der Waals surface area contributed by atoms with Gasteiger partial charge >= 0.3 is 0 Å². The summed E-state index contributed by atoms with van der Waals surface area (Å²) in [6.07, 6.45) is 3.41. The predicted molar refractivity (Wildman–Crippen MR) is 80.8 cm³/mol. The molecule has 106 valence electrons. The Hall–Kier alpha value is -2.01. The molecule has 0 radical (unpaired) electrons. The van der Waals surface area contributed by atoms with E-state index < -0.39 is 11.6 Å². The number of hydrogen-bond donors (Lipinski definition) is 0. The first-order chi connectivity index (χ1) is 10.1. The summed E-state index contributed by atoms with van der Waals surface area (Å²) in [7, 11) is 0. The Labute approximate surface area is 129 Å². The normalized spacial score (nSPS) is 10.8. The lowest BCUT2D eigenvalue weighted by atomic mass is 10.2. The van der Waals surface area contributed by atoms with Gasteiger partial charge in [-0.15, -0.1) is 0 Å². The summed E-state index contributed by atoms with van der Waals surface area (Å²) in [4.78, 5) is 4.21. The van der Waals surface area contributed by atoms with Crippen LogP contribution in [0.25, 0.3) is 11.4 Å². The van der Waals surface area contributed by atoms with Gasteiger partial charge < -0.3 is 4.57 Å². The summed E-state index contributed by atoms with van der Waals surface area (Å²) in [6.45, 7) is 0.576. The maximum absolute atomic E-state index is 13.3. The lowest BCUT2D eigenvalue weighted by Gasteiger charge is -2.09. The first kappa shape index (κ1) is 13.9. The summed E-state index contributed by atoms with van der Waals surface area (Å²) in [5.74, 6) is -0.683. The first-order valence-electron chi connectivity index (χ1n) is 6.34. The molecule has 0 N–H and O–H groups in total. The molecular formula is C16H11BrF2N2. The minimum absolute atomic E-state index is 0.424. The highest BCUT2D eigenvalue weighted by atomic mass is 79.9. The molecule has 3 aromatic rings. The number of nitrogens with zero attached hydrogens (tertiary/aromatic N) is 2. The molecule has 0 aliphatic carbocycles. The van der Waals surface area contributed by atoms with E-state index in [1.807, 2.05) is 28.8 Å². The van der Waals surface area contributed by atoms with E-state index in [0.717, 1.165) is 16.1 Å². The molecule has 0 aliphatic rings. The maximum Gasteiger partial charge on any atom is 0.140 e. The van der Waals surface area contributed by atoms with Gasteiger partial charge in [0.15, 0.2) is 0 Å². The van der Waals surface area contributed by atoms with Crippen molar-refractivity contribution in [3.8, 4) is 11.4 Å². The van der Waals surface area contributed by atoms with Crippen LogP contribution in [0.2, 0.25) is 0 Å². The largest absolute Gasteiger partial charge is 0.327 e. The van der Waals surface area contributed by atoms with Crippen LogP contribution in [0.3, 0.4) is 0 Å². The van der Waals surface area contributed by atoms with Gasteiger partial charge in [-0.05, 0) is 29.8 Å². The molecule has 21 heavy (non-hydrogen) atoms. The fraction of sp³-hybridized carbons (Fsp3) is 0.0625. The van der Waals surface area contributed by atoms with Gasteiger partial charge in [0.25, 0.3) is 0 Å². The first-order valence-corrected chi connectivity index (χ1v) is 7.13. The topological polar surface area (TPSA) is 17.8 Å². The van der Waals surface area contributed by atoms with Crippen molar-refractivity contribution in [2.45, 2.75) is 6.54 Å². The molecule has 1 aromatic heterocycles. The minimum Gasteiger partial charge on any atom is -0.327 e. The third-order valence-corrected chi connectivity index (χ3v) is 3.57. The van der Waals surface area contributed by atoms with Gasteiger partial charge in [0.1, 0.15) is 17.5 Å². The Bertz CT molecular complexity index is 763. The summed E-state index contributed by atoms with van der Waals surface area (Å²) in [6, 6.07) is 11.3. The predicted octanol–water partition coefficient (Wildman–Crippen LogP) is 4.64. The fourth-order valence-corrected chi connectivity index (χ4v) is 2.66. The standard InChI is InChI=1S/C16H11BrF2N2/c17-13-3-1-2-11(6-13)10-21-5-4-20-16(21)12-7-14(18)9-15(19)8-12/h1-9H,10H2. The molecule has 1 heterocycles. The number of aromatic nitrogens is 2. The molecule has 0 amide bonds. The van der Waals surface area contributed by atoms with Gasteiger partial charge in [-0.25, -0.2) is 13.8 Å². The average Bonchev–Trinajstić information content (AvgIpc) is 2.85. The number of imidazole rings is 1. The van der Waals surface area contributed by atoms with E-state index in [-0.39, 0.29) is 0 Å². The lowest BCUT2D eigenvalue weighted by molar-refractivity contribution is 0.583. The Morgan fingerprint density at radius 3 is 2.52 bits per heavy atom. The van der Waals surface area contributed by atoms with Gasteiger partial charge in [0.2, 0.25) is 0 Å². The maximum atomic E-state index is 13.3. The van der Waals surface area contributed by atoms with Gasteiger partial charge in [-0.2, -0.15) is 0 Å². The number of hydrogen-bond acceptors (Lipinski definition) is 1. The monoisotopic (exact) mass is 348 g/mol. The molecular weight excluding hydrogens is 338 g/mol. The second kappa shape index (κ2) is 5.77. The Balaban J connectivity index is 1.97. The van der Waals surface area contributed by atoms with Crippen LogP contribution in [0.1, 0.15) is 5.56 Å². The van der Waals surface area contributed by atoms with Crippen molar-refractivity contribution in [3.05, 3.63) is 76.5 Å². The number of benzene rings is 2. The van der Waals surface area contributed by atoms with E-state index in [4.69, 9.17) is 0 Å². The Morgan fingerprint density at radius 1 is 1.05 bits per heavy atom. The van der Waals surface area contributed by atoms with Crippen molar-refractivity contribution in [1.82, 2.24) is 9.55 Å². The lowest BCUT2D eigenvalue weighted by Crippen LogP contribution is -2.01. The highest BCUT2D eigenvalue weighted by Crippen LogP contribution is 2.21. The van der Waals surface area contributed by atoms with E-state index in [9.17, 15) is 8.78 Å². The van der Waals surface area contributed by atoms with Gasteiger partial charge in [-0.1, -0.05) is 28.1 Å². The van der Waals surface area contributed by atoms with Crippen molar-refractivity contribution in [3.63, 3.8) is 0 Å². The summed E-state index contributed by atoms with van der Waals surface area (Å²) in [5.41, 5.74) is 1.49. The second-order valence-corrected chi connectivity index (χ2v) is 5.58. The summed E-state index contributed by atoms with van der Waals surface area (Å²) < 4.78 is 29.5. The van der Waals surface area contributed by atoms with E-state index in [1.165, 1.54) is 12.1 Å². The fourth-order valence-electron chi connectivity index (χ4n) is 2.21. The van der Waals surface area contributed by atoms with Crippen LogP contribution in [-0.2, 0) is 6.54 Å². The van der Waals surface area contributed by atoms with Crippen LogP contribution in [-0.4, -0.2) is 9.55 Å². The van der Waals surface area contributed by atoms with Crippen LogP contribution in [0.5, 0.6) is 0 Å². The van der Waals surface area contributed by atoms with Crippen molar-refractivity contribution >= 4 is 15.9 Å². The summed E-state index contributed by atoms with van der Waals surface area (Å²) >= 11 is 3.42. The van der Waals surface area contributed by atoms with E-state index in [1.54, 1.807) is 12.4 Å². The van der Waals surface area contributed by atoms with E-state index in [2.05, 4.69) is 20.9 Å². The van der Waals surface area contributed by atoms with Crippen LogP contribution < -0.4 is 0 Å². The highest BCUT2D eigenvalue weighted by molar-refractivity contribution is 9.10. The zero-order valence-electron chi connectivity index (χ0n) is 10.9. The molecule has 0 spiro atoms. The number of rotatable bonds is 3. The second-order valence-electron chi connectivity index (χ2n) is 4.67. The zero-order chi connectivity index (χ0) is 14.8. The summed E-state index contributed by atoms with van der Waals surface area (Å²) in [5, 5.41) is 0. The molecule has 0 saturated heterocycles. The van der Waals surface area contributed by atoms with Gasteiger partial charge in [0, 0.05) is 35.0 Å². The van der Waals surface area contributed by atoms with E-state index in [0.29, 0.717) is 17.9 Å². The molecule has 0 fully saturated rings. The van der Waals surface area contributed by atoms with Crippen molar-refractivity contribution in [2.24, 2.45) is 0 Å². The van der Waals surface area contributed by atoms with Crippen LogP contribution in [0.15, 0.2) is 59.3 Å². The van der Waals surface area contributed by atoms with E-state index >= 15 is 0 Å². The highest BCUT2D eigenvalue weighted by Gasteiger charge is 2.09. The molecule has 0 saturated carbocycles. The Morgan fingerprint density at radius 2 is 1.81 bits per heavy atom.